The molecule has 0 aliphatic rings. The van der Waals surface area contributed by atoms with E-state index < -0.39 is 15.9 Å². The zero-order chi connectivity index (χ0) is 19.6. The molecule has 3 rings (SSSR count). The number of aromatic nitrogens is 1. The first kappa shape index (κ1) is 19.8. The summed E-state index contributed by atoms with van der Waals surface area (Å²) in [6.45, 7) is 0.392. The predicted octanol–water partition coefficient (Wildman–Crippen LogP) is 3.15. The topological polar surface area (TPSA) is 93.7 Å². The number of nitrogens with one attached hydrogen (secondary N) is 1. The molecule has 11 heteroatoms. The van der Waals surface area contributed by atoms with E-state index >= 15 is 0 Å². The number of nitrogens with zero attached hydrogens (tertiary/aromatic N) is 2. The van der Waals surface area contributed by atoms with Crippen LogP contribution in [0.1, 0.15) is 16.1 Å². The Balaban J connectivity index is 1.88. The third kappa shape index (κ3) is 4.50. The standard InChI is InChI=1S/C16H13Cl2N3O4S2/c1-19-27(23,24)14-5-4-13(25-14)15(22)20-16-21(6-7-26-16)9-10-2-3-11(17)8-12(10)18/h2-8,19H,9H2,1H3. The molecule has 0 fully saturated rings. The Labute approximate surface area is 168 Å². The molecule has 142 valence electrons. The van der Waals surface area contributed by atoms with Gasteiger partial charge in [0.25, 0.3) is 10.0 Å². The third-order valence-electron chi connectivity index (χ3n) is 3.54. The highest BCUT2D eigenvalue weighted by molar-refractivity contribution is 7.89. The molecule has 3 aromatic rings. The second kappa shape index (κ2) is 7.99. The fourth-order valence-electron chi connectivity index (χ4n) is 2.16. The molecule has 1 aromatic carbocycles. The summed E-state index contributed by atoms with van der Waals surface area (Å²) >= 11 is 13.3. The predicted molar refractivity (Wildman–Crippen MR) is 103 cm³/mol. The minimum Gasteiger partial charge on any atom is -0.438 e. The Morgan fingerprint density at radius 1 is 1.30 bits per heavy atom. The average molecular weight is 446 g/mol. The van der Waals surface area contributed by atoms with Gasteiger partial charge >= 0.3 is 5.91 Å². The Morgan fingerprint density at radius 3 is 2.78 bits per heavy atom. The molecular weight excluding hydrogens is 433 g/mol. The van der Waals surface area contributed by atoms with E-state index in [0.29, 0.717) is 21.4 Å². The number of carbonyl (C=O) groups excluding carboxylic acids is 1. The van der Waals surface area contributed by atoms with Gasteiger partial charge in [-0.1, -0.05) is 29.3 Å². The maximum Gasteiger partial charge on any atom is 0.315 e. The molecule has 0 aliphatic carbocycles. The molecular formula is C16H13Cl2N3O4S2. The summed E-state index contributed by atoms with van der Waals surface area (Å²) in [6.07, 6.45) is 1.76. The highest BCUT2D eigenvalue weighted by Gasteiger charge is 2.19. The lowest BCUT2D eigenvalue weighted by molar-refractivity contribution is 0.0966. The summed E-state index contributed by atoms with van der Waals surface area (Å²) < 4.78 is 32.4. The van der Waals surface area contributed by atoms with Gasteiger partial charge in [0, 0.05) is 21.6 Å². The number of hydrogen-bond acceptors (Lipinski definition) is 5. The summed E-state index contributed by atoms with van der Waals surface area (Å²) in [5.41, 5.74) is 0.814. The van der Waals surface area contributed by atoms with E-state index in [-0.39, 0.29) is 10.9 Å². The summed E-state index contributed by atoms with van der Waals surface area (Å²) in [5.74, 6) is -0.862. The van der Waals surface area contributed by atoms with Crippen LogP contribution in [0.15, 0.2) is 56.4 Å². The first-order chi connectivity index (χ1) is 12.8. The molecule has 0 aliphatic heterocycles. The molecule has 0 bridgehead atoms. The van der Waals surface area contributed by atoms with Crippen LogP contribution in [0.25, 0.3) is 0 Å². The van der Waals surface area contributed by atoms with E-state index in [4.69, 9.17) is 27.6 Å². The Bertz CT molecular complexity index is 1160. The number of thiazole rings is 1. The number of sulfonamides is 1. The largest absolute Gasteiger partial charge is 0.438 e. The van der Waals surface area contributed by atoms with Gasteiger partial charge in [-0.3, -0.25) is 4.79 Å². The number of furan rings is 1. The smallest absolute Gasteiger partial charge is 0.315 e. The monoisotopic (exact) mass is 445 g/mol. The van der Waals surface area contributed by atoms with Crippen LogP contribution in [0, 0.1) is 0 Å². The number of hydrogen-bond donors (Lipinski definition) is 1. The van der Waals surface area contributed by atoms with Crippen molar-refractivity contribution in [3.05, 3.63) is 68.1 Å². The van der Waals surface area contributed by atoms with E-state index in [9.17, 15) is 13.2 Å². The molecule has 0 unspecified atom stereocenters. The fraction of sp³-hybridized carbons (Fsp3) is 0.125. The van der Waals surface area contributed by atoms with Gasteiger partial charge in [-0.15, -0.1) is 11.3 Å². The third-order valence-corrected chi connectivity index (χ3v) is 6.21. The van der Waals surface area contributed by atoms with E-state index in [1.165, 1.54) is 30.5 Å². The molecule has 2 aromatic heterocycles. The van der Waals surface area contributed by atoms with Crippen molar-refractivity contribution in [1.82, 2.24) is 9.29 Å². The van der Waals surface area contributed by atoms with E-state index in [0.717, 1.165) is 5.56 Å². The average Bonchev–Trinajstić information content (AvgIpc) is 3.27. The van der Waals surface area contributed by atoms with Crippen molar-refractivity contribution in [2.75, 3.05) is 7.05 Å². The van der Waals surface area contributed by atoms with Crippen LogP contribution < -0.4 is 9.52 Å². The van der Waals surface area contributed by atoms with E-state index in [1.807, 2.05) is 0 Å². The molecule has 27 heavy (non-hydrogen) atoms. The minimum absolute atomic E-state index is 0.173. The second-order valence-corrected chi connectivity index (χ2v) is 8.83. The van der Waals surface area contributed by atoms with Crippen molar-refractivity contribution in [2.45, 2.75) is 11.6 Å². The number of halogens is 2. The summed E-state index contributed by atoms with van der Waals surface area (Å²) in [6, 6.07) is 7.63. The number of benzene rings is 1. The lowest BCUT2D eigenvalue weighted by Crippen LogP contribution is -2.18. The van der Waals surface area contributed by atoms with Gasteiger partial charge in [-0.05, 0) is 36.9 Å². The molecule has 1 amide bonds. The van der Waals surface area contributed by atoms with Crippen LogP contribution in [0.3, 0.4) is 0 Å². The quantitative estimate of drug-likeness (QED) is 0.652. The molecule has 0 saturated heterocycles. The van der Waals surface area contributed by atoms with Crippen molar-refractivity contribution in [1.29, 1.82) is 0 Å². The van der Waals surface area contributed by atoms with Gasteiger partial charge in [0.15, 0.2) is 10.6 Å². The summed E-state index contributed by atoms with van der Waals surface area (Å²) in [7, 11) is -2.52. The van der Waals surface area contributed by atoms with Crippen molar-refractivity contribution < 1.29 is 17.6 Å². The lowest BCUT2D eigenvalue weighted by Gasteiger charge is -2.06. The normalized spacial score (nSPS) is 12.5. The second-order valence-electron chi connectivity index (χ2n) is 5.29. The molecule has 7 nitrogen and oxygen atoms in total. The summed E-state index contributed by atoms with van der Waals surface area (Å²) in [5, 5.41) is 2.46. The molecule has 0 radical (unpaired) electrons. The molecule has 1 N–H and O–H groups in total. The molecule has 0 spiro atoms. The van der Waals surface area contributed by atoms with Crippen LogP contribution >= 0.6 is 34.5 Å². The van der Waals surface area contributed by atoms with Crippen LogP contribution in [-0.4, -0.2) is 25.9 Å². The summed E-state index contributed by atoms with van der Waals surface area (Å²) in [4.78, 5) is 16.8. The Morgan fingerprint density at radius 2 is 2.07 bits per heavy atom. The maximum absolute atomic E-state index is 12.3. The Hall–Kier alpha value is -1.91. The van der Waals surface area contributed by atoms with Crippen molar-refractivity contribution in [3.8, 4) is 0 Å². The van der Waals surface area contributed by atoms with Crippen LogP contribution in [0.2, 0.25) is 10.0 Å². The van der Waals surface area contributed by atoms with Crippen LogP contribution in [0.4, 0.5) is 0 Å². The fourth-order valence-corrected chi connectivity index (χ4v) is 4.00. The van der Waals surface area contributed by atoms with Gasteiger partial charge in [0.2, 0.25) is 5.09 Å². The molecule has 0 saturated carbocycles. The van der Waals surface area contributed by atoms with E-state index in [2.05, 4.69) is 9.71 Å². The van der Waals surface area contributed by atoms with Crippen molar-refractivity contribution in [3.63, 3.8) is 0 Å². The number of amides is 1. The zero-order valence-electron chi connectivity index (χ0n) is 13.8. The minimum atomic E-state index is -3.77. The lowest BCUT2D eigenvalue weighted by atomic mass is 10.2. The van der Waals surface area contributed by atoms with Gasteiger partial charge in [0.05, 0.1) is 6.54 Å². The first-order valence-corrected chi connectivity index (χ1v) is 10.6. The van der Waals surface area contributed by atoms with Crippen LogP contribution in [0.5, 0.6) is 0 Å². The number of rotatable bonds is 5. The van der Waals surface area contributed by atoms with Crippen molar-refractivity contribution >= 4 is 50.5 Å². The highest BCUT2D eigenvalue weighted by atomic mass is 35.5. The van der Waals surface area contributed by atoms with Gasteiger partial charge < -0.3 is 8.98 Å². The molecule has 0 atom stereocenters. The first-order valence-electron chi connectivity index (χ1n) is 7.50. The highest BCUT2D eigenvalue weighted by Crippen LogP contribution is 2.21. The van der Waals surface area contributed by atoms with Gasteiger partial charge in [0.1, 0.15) is 0 Å². The Kier molecular flexibility index (Phi) is 5.87. The van der Waals surface area contributed by atoms with Crippen LogP contribution in [-0.2, 0) is 16.6 Å². The van der Waals surface area contributed by atoms with Gasteiger partial charge in [-0.2, -0.15) is 4.99 Å². The molecule has 2 heterocycles. The maximum atomic E-state index is 12.3. The van der Waals surface area contributed by atoms with Crippen molar-refractivity contribution in [2.24, 2.45) is 4.99 Å². The SMILES string of the molecule is CNS(=O)(=O)c1ccc(C(=O)N=c2sccn2Cc2ccc(Cl)cc2Cl)o1. The van der Waals surface area contributed by atoms with Gasteiger partial charge in [-0.25, -0.2) is 13.1 Å². The van der Waals surface area contributed by atoms with E-state index in [1.54, 1.807) is 34.3 Å². The zero-order valence-corrected chi connectivity index (χ0v) is 17.0. The number of carbonyl (C=O) groups is 1.